The van der Waals surface area contributed by atoms with Gasteiger partial charge in [-0.2, -0.15) is 0 Å². The Morgan fingerprint density at radius 1 is 0.972 bits per heavy atom. The molecule has 0 heterocycles. The smallest absolute Gasteiger partial charge is 0.411 e. The molecule has 0 saturated carbocycles. The molecule has 2 aromatic carbocycles. The summed E-state index contributed by atoms with van der Waals surface area (Å²) in [6.45, 7) is 4.17. The van der Waals surface area contributed by atoms with Crippen molar-refractivity contribution in [2.45, 2.75) is 37.6 Å². The van der Waals surface area contributed by atoms with E-state index in [4.69, 9.17) is 34.8 Å². The van der Waals surface area contributed by atoms with Crippen LogP contribution in [-0.2, 0) is 10.0 Å². The Hall–Kier alpha value is -2.24. The fraction of sp³-hybridized carbons (Fsp3) is 0.391. The zero-order valence-electron chi connectivity index (χ0n) is 19.9. The first-order chi connectivity index (χ1) is 16.9. The van der Waals surface area contributed by atoms with Gasteiger partial charge in [0.05, 0.1) is 15.7 Å². The first kappa shape index (κ1) is 30.0. The number of hydrogen-bond acceptors (Lipinski definition) is 4. The molecule has 2 aromatic rings. The molecule has 3 amide bonds. The number of sulfonamides is 1. The van der Waals surface area contributed by atoms with E-state index in [1.165, 1.54) is 23.1 Å². The van der Waals surface area contributed by atoms with Crippen molar-refractivity contribution in [1.29, 1.82) is 0 Å². The molecule has 198 valence electrons. The lowest BCUT2D eigenvalue weighted by Gasteiger charge is -2.28. The van der Waals surface area contributed by atoms with E-state index in [0.29, 0.717) is 23.6 Å². The number of nitrogens with zero attached hydrogens (tertiary/aromatic N) is 2. The largest absolute Gasteiger partial charge is 0.465 e. The average molecular weight is 580 g/mol. The van der Waals surface area contributed by atoms with Crippen molar-refractivity contribution in [3.63, 3.8) is 0 Å². The summed E-state index contributed by atoms with van der Waals surface area (Å²) < 4.78 is 27.5. The number of carbonyl (C=O) groups excluding carboxylic acids is 1. The molecular weight excluding hydrogens is 551 g/mol. The van der Waals surface area contributed by atoms with Crippen LogP contribution >= 0.6 is 34.8 Å². The molecule has 0 bridgehead atoms. The number of anilines is 1. The number of carboxylic acid groups (broad SMARTS) is 1. The third-order valence-electron chi connectivity index (χ3n) is 5.00. The predicted molar refractivity (Wildman–Crippen MR) is 143 cm³/mol. The number of hydrogen-bond donors (Lipinski definition) is 3. The molecule has 0 aliphatic heterocycles. The number of benzene rings is 2. The quantitative estimate of drug-likeness (QED) is 0.295. The Kier molecular flexibility index (Phi) is 11.6. The molecule has 13 heteroatoms. The third kappa shape index (κ3) is 9.01. The van der Waals surface area contributed by atoms with Crippen LogP contribution in [0.4, 0.5) is 15.3 Å². The molecule has 0 aromatic heterocycles. The summed E-state index contributed by atoms with van der Waals surface area (Å²) >= 11 is 18.0. The van der Waals surface area contributed by atoms with Gasteiger partial charge in [-0.05, 0) is 57.0 Å². The molecule has 0 aliphatic rings. The Balaban J connectivity index is 1.97. The van der Waals surface area contributed by atoms with Gasteiger partial charge in [0.25, 0.3) is 0 Å². The van der Waals surface area contributed by atoms with Crippen LogP contribution < -0.4 is 14.9 Å². The Morgan fingerprint density at radius 3 is 2.28 bits per heavy atom. The van der Waals surface area contributed by atoms with Gasteiger partial charge in [-0.1, -0.05) is 46.9 Å². The van der Waals surface area contributed by atoms with Gasteiger partial charge in [0.1, 0.15) is 4.90 Å². The summed E-state index contributed by atoms with van der Waals surface area (Å²) in [5.41, 5.74) is 0.325. The van der Waals surface area contributed by atoms with E-state index < -0.39 is 16.1 Å². The van der Waals surface area contributed by atoms with Crippen LogP contribution in [-0.4, -0.2) is 62.8 Å². The number of amides is 3. The Labute approximate surface area is 226 Å². The van der Waals surface area contributed by atoms with Gasteiger partial charge in [0, 0.05) is 37.2 Å². The SMILES string of the molecule is CC(C)NC(=O)N(CCCCNS(=O)(=O)c1ccc(Cl)cc1Cl)CCN(C(=O)O)c1ccccc1Cl. The maximum atomic E-state index is 12.7. The summed E-state index contributed by atoms with van der Waals surface area (Å²) in [6, 6.07) is 10.2. The number of urea groups is 1. The number of rotatable bonds is 12. The Morgan fingerprint density at radius 2 is 1.67 bits per heavy atom. The van der Waals surface area contributed by atoms with Crippen LogP contribution in [0.25, 0.3) is 0 Å². The van der Waals surface area contributed by atoms with E-state index in [-0.39, 0.29) is 53.2 Å². The maximum Gasteiger partial charge on any atom is 0.411 e. The normalized spacial score (nSPS) is 11.4. The predicted octanol–water partition coefficient (Wildman–Crippen LogP) is 5.31. The monoisotopic (exact) mass is 578 g/mol. The third-order valence-corrected chi connectivity index (χ3v) is 7.50. The number of nitrogens with one attached hydrogen (secondary N) is 2. The average Bonchev–Trinajstić information content (AvgIpc) is 2.77. The van der Waals surface area contributed by atoms with Crippen molar-refractivity contribution in [3.05, 3.63) is 57.5 Å². The van der Waals surface area contributed by atoms with Crippen LogP contribution in [0.1, 0.15) is 26.7 Å². The molecular formula is C23H29Cl3N4O5S. The summed E-state index contributed by atoms with van der Waals surface area (Å²) in [6.07, 6.45) is -0.285. The zero-order chi connectivity index (χ0) is 26.9. The minimum absolute atomic E-state index is 0.00623. The van der Waals surface area contributed by atoms with Gasteiger partial charge < -0.3 is 15.3 Å². The van der Waals surface area contributed by atoms with Gasteiger partial charge in [0.15, 0.2) is 0 Å². The summed E-state index contributed by atoms with van der Waals surface area (Å²) in [7, 11) is -3.82. The first-order valence-electron chi connectivity index (χ1n) is 11.2. The molecule has 36 heavy (non-hydrogen) atoms. The van der Waals surface area contributed by atoms with Crippen molar-refractivity contribution in [2.24, 2.45) is 0 Å². The second kappa shape index (κ2) is 13.9. The number of carbonyl (C=O) groups is 2. The standard InChI is InChI=1S/C23H29Cl3N4O5S/c1-16(2)28-22(31)29(13-14-30(23(32)33)20-8-4-3-7-18(20)25)12-6-5-11-27-36(34,35)21-10-9-17(24)15-19(21)26/h3-4,7-10,15-16,27H,5-6,11-14H2,1-2H3,(H,28,31)(H,32,33). The van der Waals surface area contributed by atoms with E-state index in [0.717, 1.165) is 4.90 Å². The summed E-state index contributed by atoms with van der Waals surface area (Å²) in [5, 5.41) is 13.1. The van der Waals surface area contributed by atoms with E-state index in [9.17, 15) is 23.1 Å². The fourth-order valence-corrected chi connectivity index (χ4v) is 5.35. The first-order valence-corrected chi connectivity index (χ1v) is 13.8. The molecule has 0 saturated heterocycles. The van der Waals surface area contributed by atoms with Crippen molar-refractivity contribution in [3.8, 4) is 0 Å². The van der Waals surface area contributed by atoms with E-state index in [2.05, 4.69) is 10.0 Å². The highest BCUT2D eigenvalue weighted by molar-refractivity contribution is 7.89. The lowest BCUT2D eigenvalue weighted by molar-refractivity contribution is 0.189. The molecule has 0 aliphatic carbocycles. The van der Waals surface area contributed by atoms with Crippen molar-refractivity contribution in [2.75, 3.05) is 31.1 Å². The molecule has 2 rings (SSSR count). The van der Waals surface area contributed by atoms with Crippen LogP contribution in [0, 0.1) is 0 Å². The highest BCUT2D eigenvalue weighted by atomic mass is 35.5. The highest BCUT2D eigenvalue weighted by Gasteiger charge is 2.21. The van der Waals surface area contributed by atoms with Crippen molar-refractivity contribution >= 4 is 62.6 Å². The van der Waals surface area contributed by atoms with Gasteiger partial charge in [-0.15, -0.1) is 0 Å². The van der Waals surface area contributed by atoms with Gasteiger partial charge >= 0.3 is 12.1 Å². The van der Waals surface area contributed by atoms with Crippen LogP contribution in [0.3, 0.4) is 0 Å². The van der Waals surface area contributed by atoms with Crippen LogP contribution in [0.2, 0.25) is 15.1 Å². The minimum atomic E-state index is -3.82. The van der Waals surface area contributed by atoms with Crippen LogP contribution in [0.5, 0.6) is 0 Å². The lowest BCUT2D eigenvalue weighted by atomic mass is 10.2. The second-order valence-corrected chi connectivity index (χ2v) is 11.1. The molecule has 9 nitrogen and oxygen atoms in total. The summed E-state index contributed by atoms with van der Waals surface area (Å²) in [5.74, 6) is 0. The second-order valence-electron chi connectivity index (χ2n) is 8.16. The van der Waals surface area contributed by atoms with Crippen molar-refractivity contribution < 1.29 is 23.1 Å². The minimum Gasteiger partial charge on any atom is -0.465 e. The topological polar surface area (TPSA) is 119 Å². The molecule has 0 fully saturated rings. The molecule has 0 unspecified atom stereocenters. The van der Waals surface area contributed by atoms with E-state index in [1.54, 1.807) is 24.3 Å². The molecule has 0 atom stereocenters. The van der Waals surface area contributed by atoms with E-state index in [1.807, 2.05) is 13.8 Å². The molecule has 0 spiro atoms. The maximum absolute atomic E-state index is 12.7. The molecule has 0 radical (unpaired) electrons. The zero-order valence-corrected chi connectivity index (χ0v) is 23.0. The molecule has 3 N–H and O–H groups in total. The Bertz CT molecular complexity index is 1160. The highest BCUT2D eigenvalue weighted by Crippen LogP contribution is 2.26. The van der Waals surface area contributed by atoms with Gasteiger partial charge in [-0.3, -0.25) is 4.90 Å². The van der Waals surface area contributed by atoms with Crippen LogP contribution in [0.15, 0.2) is 47.4 Å². The fourth-order valence-electron chi connectivity index (χ4n) is 3.27. The summed E-state index contributed by atoms with van der Waals surface area (Å²) in [4.78, 5) is 27.0. The number of unbranched alkanes of at least 4 members (excludes halogenated alkanes) is 1. The van der Waals surface area contributed by atoms with Crippen molar-refractivity contribution in [1.82, 2.24) is 14.9 Å². The number of para-hydroxylation sites is 1. The number of halogens is 3. The van der Waals surface area contributed by atoms with E-state index >= 15 is 0 Å². The lowest BCUT2D eigenvalue weighted by Crippen LogP contribution is -2.47. The van der Waals surface area contributed by atoms with Gasteiger partial charge in [0.2, 0.25) is 10.0 Å². The van der Waals surface area contributed by atoms with Gasteiger partial charge in [-0.25, -0.2) is 22.7 Å².